The molecule has 0 atom stereocenters. The predicted octanol–water partition coefficient (Wildman–Crippen LogP) is 1.72. The van der Waals surface area contributed by atoms with Crippen molar-refractivity contribution in [2.45, 2.75) is 31.1 Å². The van der Waals surface area contributed by atoms with E-state index in [-0.39, 0.29) is 16.2 Å². The monoisotopic (exact) mass is 352 g/mol. The zero-order valence-corrected chi connectivity index (χ0v) is 15.0. The summed E-state index contributed by atoms with van der Waals surface area (Å²) in [4.78, 5) is 14.0. The van der Waals surface area contributed by atoms with Gasteiger partial charge in [0.1, 0.15) is 10.6 Å². The molecule has 2 heterocycles. The number of nitrogens with zero attached hydrogens (tertiary/aromatic N) is 2. The molecule has 0 unspecified atom stereocenters. The zero-order chi connectivity index (χ0) is 17.4. The van der Waals surface area contributed by atoms with Crippen LogP contribution in [0.25, 0.3) is 0 Å². The minimum atomic E-state index is -3.56. The number of rotatable bonds is 1. The van der Waals surface area contributed by atoms with Crippen LogP contribution in [0.15, 0.2) is 29.2 Å². The molecule has 1 aromatic carbocycles. The third-order valence-electron chi connectivity index (χ3n) is 5.11. The van der Waals surface area contributed by atoms with Gasteiger partial charge >= 0.3 is 0 Å². The minimum absolute atomic E-state index is 0.155. The highest BCUT2D eigenvalue weighted by molar-refractivity contribution is 7.89. The number of sulfonamides is 1. The van der Waals surface area contributed by atoms with Crippen LogP contribution in [0.2, 0.25) is 0 Å². The summed E-state index contributed by atoms with van der Waals surface area (Å²) in [6.45, 7) is 4.07. The van der Waals surface area contributed by atoms with Crippen LogP contribution < -0.4 is 4.74 Å². The number of carbonyl (C=O) groups is 1. The maximum absolute atomic E-state index is 12.8. The molecule has 0 saturated carbocycles. The van der Waals surface area contributed by atoms with Gasteiger partial charge in [-0.2, -0.15) is 0 Å². The fraction of sp³-hybridized carbons (Fsp3) is 0.588. The number of amides is 1. The van der Waals surface area contributed by atoms with E-state index in [0.29, 0.717) is 38.4 Å². The fourth-order valence-electron chi connectivity index (χ4n) is 3.54. The standard InChI is InChI=1S/C17H24N2O4S/c1-3-16(20)19-10-8-17(9-11-19)12-18(2)24(21,22)15-7-5-4-6-14(15)23-13-17/h4-7H,3,8-13H2,1-2H3. The van der Waals surface area contributed by atoms with E-state index < -0.39 is 10.0 Å². The average Bonchev–Trinajstić information content (AvgIpc) is 2.59. The molecule has 7 heteroatoms. The number of para-hydroxylation sites is 1. The number of likely N-dealkylation sites (tertiary alicyclic amines) is 1. The molecule has 2 aliphatic heterocycles. The van der Waals surface area contributed by atoms with E-state index in [4.69, 9.17) is 4.74 Å². The van der Waals surface area contributed by atoms with Crippen molar-refractivity contribution >= 4 is 15.9 Å². The Hall–Kier alpha value is -1.60. The van der Waals surface area contributed by atoms with Gasteiger partial charge in [-0.15, -0.1) is 0 Å². The van der Waals surface area contributed by atoms with Crippen LogP contribution in [0.3, 0.4) is 0 Å². The fourth-order valence-corrected chi connectivity index (χ4v) is 4.95. The lowest BCUT2D eigenvalue weighted by Crippen LogP contribution is -2.51. The smallest absolute Gasteiger partial charge is 0.246 e. The third-order valence-corrected chi connectivity index (χ3v) is 6.95. The summed E-state index contributed by atoms with van der Waals surface area (Å²) in [6.07, 6.45) is 2.01. The second-order valence-electron chi connectivity index (χ2n) is 6.73. The van der Waals surface area contributed by atoms with Crippen molar-refractivity contribution in [3.8, 4) is 5.75 Å². The zero-order valence-electron chi connectivity index (χ0n) is 14.2. The van der Waals surface area contributed by atoms with Gasteiger partial charge in [-0.3, -0.25) is 4.79 Å². The molecule has 1 spiro atoms. The molecule has 132 valence electrons. The van der Waals surface area contributed by atoms with E-state index in [0.717, 1.165) is 12.8 Å². The largest absolute Gasteiger partial charge is 0.492 e. The normalized spacial score (nSPS) is 23.0. The number of ether oxygens (including phenoxy) is 1. The van der Waals surface area contributed by atoms with E-state index in [1.165, 1.54) is 4.31 Å². The van der Waals surface area contributed by atoms with Gasteiger partial charge in [0, 0.05) is 38.5 Å². The number of hydrogen-bond donors (Lipinski definition) is 0. The second kappa shape index (κ2) is 6.37. The lowest BCUT2D eigenvalue weighted by molar-refractivity contribution is -0.133. The molecule has 0 N–H and O–H groups in total. The van der Waals surface area contributed by atoms with Crippen LogP contribution in [-0.2, 0) is 14.8 Å². The highest BCUT2D eigenvalue weighted by atomic mass is 32.2. The molecular formula is C17H24N2O4S. The first kappa shape index (κ1) is 17.2. The minimum Gasteiger partial charge on any atom is -0.492 e. The quantitative estimate of drug-likeness (QED) is 0.772. The van der Waals surface area contributed by atoms with Gasteiger partial charge in [0.05, 0.1) is 6.61 Å². The lowest BCUT2D eigenvalue weighted by atomic mass is 9.79. The summed E-state index contributed by atoms with van der Waals surface area (Å²) in [5.74, 6) is 0.568. The van der Waals surface area contributed by atoms with Gasteiger partial charge in [-0.05, 0) is 25.0 Å². The van der Waals surface area contributed by atoms with Crippen molar-refractivity contribution in [2.75, 3.05) is 33.3 Å². The van der Waals surface area contributed by atoms with E-state index >= 15 is 0 Å². The highest BCUT2D eigenvalue weighted by Gasteiger charge is 2.42. The van der Waals surface area contributed by atoms with E-state index in [1.807, 2.05) is 11.8 Å². The summed E-state index contributed by atoms with van der Waals surface area (Å²) in [6, 6.07) is 6.78. The third kappa shape index (κ3) is 3.02. The van der Waals surface area contributed by atoms with Gasteiger partial charge < -0.3 is 9.64 Å². The number of piperidine rings is 1. The van der Waals surface area contributed by atoms with Gasteiger partial charge in [-0.25, -0.2) is 12.7 Å². The van der Waals surface area contributed by atoms with Gasteiger partial charge in [0.2, 0.25) is 15.9 Å². The Kier molecular flexibility index (Phi) is 4.57. The summed E-state index contributed by atoms with van der Waals surface area (Å²) in [7, 11) is -1.93. The Labute approximate surface area is 143 Å². The molecule has 0 bridgehead atoms. The Morgan fingerprint density at radius 1 is 1.25 bits per heavy atom. The molecule has 3 rings (SSSR count). The SMILES string of the molecule is CCC(=O)N1CCC2(CC1)COc1ccccc1S(=O)(=O)N(C)C2. The molecule has 1 aromatic rings. The topological polar surface area (TPSA) is 66.9 Å². The van der Waals surface area contributed by atoms with Crippen LogP contribution in [-0.4, -0.2) is 56.8 Å². The first-order valence-electron chi connectivity index (χ1n) is 8.34. The molecule has 1 saturated heterocycles. The van der Waals surface area contributed by atoms with Crippen LogP contribution >= 0.6 is 0 Å². The van der Waals surface area contributed by atoms with Gasteiger partial charge in [-0.1, -0.05) is 19.1 Å². The number of carbonyl (C=O) groups excluding carboxylic acids is 1. The molecule has 0 radical (unpaired) electrons. The highest BCUT2D eigenvalue weighted by Crippen LogP contribution is 2.38. The van der Waals surface area contributed by atoms with Crippen molar-refractivity contribution in [3.63, 3.8) is 0 Å². The number of fused-ring (bicyclic) bond motifs is 1. The Morgan fingerprint density at radius 3 is 2.58 bits per heavy atom. The van der Waals surface area contributed by atoms with E-state index in [1.54, 1.807) is 31.3 Å². The molecule has 0 aliphatic carbocycles. The van der Waals surface area contributed by atoms with Crippen molar-refractivity contribution in [1.29, 1.82) is 0 Å². The first-order chi connectivity index (χ1) is 11.4. The van der Waals surface area contributed by atoms with Crippen molar-refractivity contribution < 1.29 is 17.9 Å². The lowest BCUT2D eigenvalue weighted by Gasteiger charge is -2.44. The van der Waals surface area contributed by atoms with E-state index in [9.17, 15) is 13.2 Å². The molecule has 6 nitrogen and oxygen atoms in total. The Bertz CT molecular complexity index is 724. The summed E-state index contributed by atoms with van der Waals surface area (Å²) < 4.78 is 33.0. The molecule has 24 heavy (non-hydrogen) atoms. The van der Waals surface area contributed by atoms with Crippen molar-refractivity contribution in [3.05, 3.63) is 24.3 Å². The van der Waals surface area contributed by atoms with Crippen LogP contribution in [0, 0.1) is 5.41 Å². The van der Waals surface area contributed by atoms with Crippen LogP contribution in [0.1, 0.15) is 26.2 Å². The van der Waals surface area contributed by atoms with Gasteiger partial charge in [0.15, 0.2) is 0 Å². The predicted molar refractivity (Wildman–Crippen MR) is 90.3 cm³/mol. The average molecular weight is 352 g/mol. The molecule has 0 aromatic heterocycles. The summed E-state index contributed by atoms with van der Waals surface area (Å²) in [5, 5.41) is 0. The molecule has 1 fully saturated rings. The van der Waals surface area contributed by atoms with Gasteiger partial charge in [0.25, 0.3) is 0 Å². The van der Waals surface area contributed by atoms with Crippen molar-refractivity contribution in [2.24, 2.45) is 5.41 Å². The van der Waals surface area contributed by atoms with Crippen LogP contribution in [0.5, 0.6) is 5.75 Å². The summed E-state index contributed by atoms with van der Waals surface area (Å²) >= 11 is 0. The molecular weight excluding hydrogens is 328 g/mol. The Balaban J connectivity index is 1.86. The second-order valence-corrected chi connectivity index (χ2v) is 8.74. The summed E-state index contributed by atoms with van der Waals surface area (Å²) in [5.41, 5.74) is -0.250. The maximum atomic E-state index is 12.8. The van der Waals surface area contributed by atoms with Crippen molar-refractivity contribution in [1.82, 2.24) is 9.21 Å². The Morgan fingerprint density at radius 2 is 1.92 bits per heavy atom. The number of hydrogen-bond acceptors (Lipinski definition) is 4. The maximum Gasteiger partial charge on any atom is 0.246 e. The van der Waals surface area contributed by atoms with Crippen LogP contribution in [0.4, 0.5) is 0 Å². The molecule has 1 amide bonds. The number of benzene rings is 1. The first-order valence-corrected chi connectivity index (χ1v) is 9.78. The van der Waals surface area contributed by atoms with E-state index in [2.05, 4.69) is 0 Å². The molecule has 2 aliphatic rings.